The summed E-state index contributed by atoms with van der Waals surface area (Å²) >= 11 is 1.79. The molecule has 0 bridgehead atoms. The topological polar surface area (TPSA) is 80.4 Å². The lowest BCUT2D eigenvalue weighted by molar-refractivity contribution is 0.742. The molecule has 0 saturated carbocycles. The lowest BCUT2D eigenvalue weighted by atomic mass is 10.1. The van der Waals surface area contributed by atoms with Crippen molar-refractivity contribution in [1.82, 2.24) is 20.6 Å². The third kappa shape index (κ3) is 4.31. The summed E-state index contributed by atoms with van der Waals surface area (Å²) in [7, 11) is 1.83. The van der Waals surface area contributed by atoms with Crippen LogP contribution in [0.5, 0.6) is 0 Å². The van der Waals surface area contributed by atoms with Gasteiger partial charge >= 0.3 is 0 Å². The molecule has 6 nitrogen and oxygen atoms in total. The zero-order valence-electron chi connectivity index (χ0n) is 20.6. The summed E-state index contributed by atoms with van der Waals surface area (Å²) in [5.74, 6) is 1.93. The number of fused-ring (bicyclic) bond motifs is 2. The lowest BCUT2D eigenvalue weighted by Crippen LogP contribution is -2.30. The zero-order valence-corrected chi connectivity index (χ0v) is 21.4. The summed E-state index contributed by atoms with van der Waals surface area (Å²) in [6.07, 6.45) is 2.17. The number of rotatable bonds is 6. The van der Waals surface area contributed by atoms with Crippen molar-refractivity contribution in [3.63, 3.8) is 0 Å². The summed E-state index contributed by atoms with van der Waals surface area (Å²) in [6.45, 7) is 4.96. The van der Waals surface area contributed by atoms with Crippen molar-refractivity contribution in [3.05, 3.63) is 71.8 Å². The maximum atomic E-state index is 4.64. The Morgan fingerprint density at radius 2 is 1.67 bits per heavy atom. The van der Waals surface area contributed by atoms with E-state index in [-0.39, 0.29) is 0 Å². The first-order valence-corrected chi connectivity index (χ1v) is 13.4. The largest absolute Gasteiger partial charge is 0.370 e. The van der Waals surface area contributed by atoms with Crippen molar-refractivity contribution >= 4 is 44.8 Å². The fraction of sp³-hybridized carbons (Fsp3) is 0.241. The first-order valence-electron chi connectivity index (χ1n) is 12.6. The van der Waals surface area contributed by atoms with Crippen LogP contribution in [-0.2, 0) is 0 Å². The average Bonchev–Trinajstić information content (AvgIpc) is 3.66. The molecule has 7 heteroatoms. The highest BCUT2D eigenvalue weighted by molar-refractivity contribution is 7.18. The van der Waals surface area contributed by atoms with Gasteiger partial charge in [-0.25, -0.2) is 0 Å². The Hall–Kier alpha value is -3.84. The van der Waals surface area contributed by atoms with Crippen LogP contribution in [0.15, 0.2) is 70.6 Å². The molecule has 36 heavy (non-hydrogen) atoms. The van der Waals surface area contributed by atoms with Crippen molar-refractivity contribution in [2.24, 2.45) is 9.98 Å². The van der Waals surface area contributed by atoms with Crippen molar-refractivity contribution < 1.29 is 0 Å². The second kappa shape index (κ2) is 9.66. The highest BCUT2D eigenvalue weighted by Gasteiger charge is 2.13. The van der Waals surface area contributed by atoms with Gasteiger partial charge in [0, 0.05) is 59.6 Å². The van der Waals surface area contributed by atoms with Crippen LogP contribution in [0, 0.1) is 0 Å². The number of H-pyrrole nitrogens is 2. The van der Waals surface area contributed by atoms with Crippen molar-refractivity contribution in [1.29, 1.82) is 0 Å². The second-order valence-electron chi connectivity index (χ2n) is 9.14. The average molecular weight is 495 g/mol. The summed E-state index contributed by atoms with van der Waals surface area (Å²) in [5, 5.41) is 9.25. The number of hydrogen-bond acceptors (Lipinski definition) is 4. The van der Waals surface area contributed by atoms with Gasteiger partial charge in [-0.2, -0.15) is 0 Å². The Kier molecular flexibility index (Phi) is 6.07. The quantitative estimate of drug-likeness (QED) is 0.168. The van der Waals surface area contributed by atoms with Gasteiger partial charge in [-0.3, -0.25) is 9.98 Å². The van der Waals surface area contributed by atoms with Crippen LogP contribution >= 0.6 is 11.3 Å². The van der Waals surface area contributed by atoms with Crippen LogP contribution in [-0.4, -0.2) is 48.3 Å². The molecule has 1 aliphatic rings. The van der Waals surface area contributed by atoms with Gasteiger partial charge in [-0.05, 0) is 49.2 Å². The van der Waals surface area contributed by atoms with E-state index in [0.29, 0.717) is 0 Å². The number of aromatic nitrogens is 2. The molecule has 5 aromatic rings. The van der Waals surface area contributed by atoms with E-state index in [0.717, 1.165) is 77.7 Å². The SMILES string of the molecule is CCCNC(=NC)c1ccc2cc(-c3ccc(-c4cc5ccc(C6=NCCCN6)cc5[nH]4)s3)[nH]c2c1. The van der Waals surface area contributed by atoms with Crippen LogP contribution in [0.2, 0.25) is 0 Å². The van der Waals surface area contributed by atoms with Crippen LogP contribution in [0.1, 0.15) is 30.9 Å². The number of nitrogens with one attached hydrogen (secondary N) is 4. The first kappa shape index (κ1) is 22.6. The Balaban J connectivity index is 1.28. The second-order valence-corrected chi connectivity index (χ2v) is 10.2. The maximum Gasteiger partial charge on any atom is 0.128 e. The van der Waals surface area contributed by atoms with Gasteiger partial charge in [0.1, 0.15) is 11.7 Å². The molecule has 0 saturated heterocycles. The number of nitrogens with zero attached hydrogens (tertiary/aromatic N) is 2. The number of aromatic amines is 2. The molecular formula is C29H30N6S. The van der Waals surface area contributed by atoms with Crippen LogP contribution in [0.25, 0.3) is 42.9 Å². The molecule has 1 aliphatic heterocycles. The number of amidine groups is 2. The standard InChI is InChI=1S/C29H30N6S/c1-3-11-31-28(30-2)20-7-5-18-14-24(34-22(18)16-20)26-9-10-27(36-26)25-15-19-6-8-21(17-23(19)35-25)29-32-12-4-13-33-29/h5-10,14-17,34-35H,3-4,11-13H2,1-2H3,(H,30,31)(H,32,33). The predicted octanol–water partition coefficient (Wildman–Crippen LogP) is 6.16. The van der Waals surface area contributed by atoms with E-state index in [9.17, 15) is 0 Å². The number of benzene rings is 2. The zero-order chi connectivity index (χ0) is 24.5. The summed E-state index contributed by atoms with van der Waals surface area (Å²) < 4.78 is 0. The van der Waals surface area contributed by atoms with Crippen LogP contribution in [0.4, 0.5) is 0 Å². The molecular weight excluding hydrogens is 464 g/mol. The Morgan fingerprint density at radius 3 is 2.33 bits per heavy atom. The van der Waals surface area contributed by atoms with Gasteiger partial charge in [-0.1, -0.05) is 31.2 Å². The number of aliphatic imine (C=N–C) groups is 2. The van der Waals surface area contributed by atoms with Crippen molar-refractivity contribution in [2.75, 3.05) is 26.7 Å². The Bertz CT molecular complexity index is 1600. The highest BCUT2D eigenvalue weighted by atomic mass is 32.1. The van der Waals surface area contributed by atoms with Gasteiger partial charge < -0.3 is 20.6 Å². The van der Waals surface area contributed by atoms with Crippen LogP contribution < -0.4 is 10.6 Å². The predicted molar refractivity (Wildman–Crippen MR) is 154 cm³/mol. The molecule has 4 N–H and O–H groups in total. The Labute approximate surface area is 214 Å². The maximum absolute atomic E-state index is 4.64. The van der Waals surface area contributed by atoms with Gasteiger partial charge in [0.05, 0.1) is 21.1 Å². The third-order valence-corrected chi connectivity index (χ3v) is 7.74. The minimum absolute atomic E-state index is 0.895. The molecule has 6 rings (SSSR count). The molecule has 0 aliphatic carbocycles. The summed E-state index contributed by atoms with van der Waals surface area (Å²) in [6, 6.07) is 21.9. The first-order chi connectivity index (χ1) is 17.7. The third-order valence-electron chi connectivity index (χ3n) is 6.59. The van der Waals surface area contributed by atoms with Crippen molar-refractivity contribution in [3.8, 4) is 21.1 Å². The lowest BCUT2D eigenvalue weighted by Gasteiger charge is -2.14. The molecule has 182 valence electrons. The number of thiophene rings is 1. The molecule has 2 aromatic carbocycles. The number of hydrogen-bond donors (Lipinski definition) is 4. The minimum atomic E-state index is 0.895. The molecule has 3 aromatic heterocycles. The van der Waals surface area contributed by atoms with E-state index in [1.165, 1.54) is 20.5 Å². The molecule has 0 atom stereocenters. The van der Waals surface area contributed by atoms with E-state index < -0.39 is 0 Å². The van der Waals surface area contributed by atoms with Gasteiger partial charge in [0.2, 0.25) is 0 Å². The molecule has 0 unspecified atom stereocenters. The van der Waals surface area contributed by atoms with Gasteiger partial charge in [-0.15, -0.1) is 11.3 Å². The van der Waals surface area contributed by atoms with E-state index in [2.05, 4.69) is 98.2 Å². The van der Waals surface area contributed by atoms with Crippen LogP contribution in [0.3, 0.4) is 0 Å². The van der Waals surface area contributed by atoms with E-state index in [1.54, 1.807) is 11.3 Å². The highest BCUT2D eigenvalue weighted by Crippen LogP contribution is 2.36. The molecule has 0 fully saturated rings. The molecule has 0 spiro atoms. The molecule has 4 heterocycles. The Morgan fingerprint density at radius 1 is 0.944 bits per heavy atom. The summed E-state index contributed by atoms with van der Waals surface area (Å²) in [5.41, 5.74) is 6.77. The normalized spacial score (nSPS) is 14.3. The monoisotopic (exact) mass is 494 g/mol. The summed E-state index contributed by atoms with van der Waals surface area (Å²) in [4.78, 5) is 18.8. The fourth-order valence-corrected chi connectivity index (χ4v) is 5.67. The van der Waals surface area contributed by atoms with Gasteiger partial charge in [0.25, 0.3) is 0 Å². The minimum Gasteiger partial charge on any atom is -0.370 e. The van der Waals surface area contributed by atoms with E-state index >= 15 is 0 Å². The van der Waals surface area contributed by atoms with Gasteiger partial charge in [0.15, 0.2) is 0 Å². The van der Waals surface area contributed by atoms with E-state index in [4.69, 9.17) is 0 Å². The van der Waals surface area contributed by atoms with Crippen molar-refractivity contribution in [2.45, 2.75) is 19.8 Å². The molecule has 0 radical (unpaired) electrons. The fourth-order valence-electron chi connectivity index (χ4n) is 4.72. The molecule has 0 amide bonds. The van der Waals surface area contributed by atoms with E-state index in [1.807, 2.05) is 7.05 Å². The smallest absolute Gasteiger partial charge is 0.128 e.